The third kappa shape index (κ3) is 6.58. The molecule has 3 N–H and O–H groups in total. The Hall–Kier alpha value is -2.74. The van der Waals surface area contributed by atoms with Crippen LogP contribution in [-0.4, -0.2) is 52.6 Å². The molecule has 37 heavy (non-hydrogen) atoms. The molecule has 3 aromatic carbocycles. The van der Waals surface area contributed by atoms with Crippen molar-refractivity contribution in [2.45, 2.75) is 16.7 Å². The highest BCUT2D eigenvalue weighted by molar-refractivity contribution is 7.93. The maximum Gasteiger partial charge on any atom is 0.264 e. The minimum Gasteiger partial charge on any atom is -0.379 e. The summed E-state index contributed by atoms with van der Waals surface area (Å²) in [5, 5.41) is 6.27. The lowest BCUT2D eigenvalue weighted by atomic mass is 10.2. The van der Waals surface area contributed by atoms with E-state index in [4.69, 9.17) is 28.6 Å². The molecule has 0 bridgehead atoms. The molecule has 0 atom stereocenters. The summed E-state index contributed by atoms with van der Waals surface area (Å²) in [7, 11) is -7.62. The number of anilines is 3. The summed E-state index contributed by atoms with van der Waals surface area (Å²) in [6, 6.07) is 17.6. The maximum atomic E-state index is 13.2. The van der Waals surface area contributed by atoms with Crippen molar-refractivity contribution in [1.82, 2.24) is 4.31 Å². The van der Waals surface area contributed by atoms with E-state index in [0.717, 1.165) is 5.56 Å². The quantitative estimate of drug-likeness (QED) is 0.355. The van der Waals surface area contributed by atoms with E-state index < -0.39 is 20.0 Å². The van der Waals surface area contributed by atoms with Crippen LogP contribution in [0, 0.1) is 6.92 Å². The Morgan fingerprint density at radius 1 is 0.919 bits per heavy atom. The summed E-state index contributed by atoms with van der Waals surface area (Å²) >= 11 is 11.5. The molecule has 4 rings (SSSR count). The highest BCUT2D eigenvalue weighted by Gasteiger charge is 2.26. The zero-order valence-corrected chi connectivity index (χ0v) is 23.0. The second-order valence-electron chi connectivity index (χ2n) is 8.20. The molecule has 196 valence electrons. The van der Waals surface area contributed by atoms with Crippen molar-refractivity contribution >= 4 is 66.0 Å². The molecule has 1 fully saturated rings. The van der Waals surface area contributed by atoms with Crippen LogP contribution in [0.4, 0.5) is 17.1 Å². The van der Waals surface area contributed by atoms with Gasteiger partial charge in [0.1, 0.15) is 4.90 Å². The van der Waals surface area contributed by atoms with Crippen molar-refractivity contribution in [3.05, 3.63) is 77.3 Å². The molecule has 0 radical (unpaired) electrons. The predicted molar refractivity (Wildman–Crippen MR) is 149 cm³/mol. The van der Waals surface area contributed by atoms with Gasteiger partial charge in [-0.1, -0.05) is 29.8 Å². The Morgan fingerprint density at radius 2 is 1.59 bits per heavy atom. The van der Waals surface area contributed by atoms with E-state index in [-0.39, 0.29) is 31.3 Å². The van der Waals surface area contributed by atoms with E-state index in [9.17, 15) is 16.8 Å². The maximum absolute atomic E-state index is 13.2. The van der Waals surface area contributed by atoms with Crippen molar-refractivity contribution < 1.29 is 21.6 Å². The van der Waals surface area contributed by atoms with Gasteiger partial charge in [0, 0.05) is 18.8 Å². The average molecular weight is 581 g/mol. The standard InChI is InChI=1S/C24H25ClN4O5S3/c1-17-6-11-22(23(16-17)36(30,31)28-21-5-3-2-4-20(21)25)27-24(35)26-18-7-9-19(10-8-18)37(32,33)29-12-14-34-15-13-29/h2-11,16,28H,12-15H2,1H3,(H2,26,27,35). The zero-order valence-electron chi connectivity index (χ0n) is 19.8. The zero-order chi connectivity index (χ0) is 26.6. The Morgan fingerprint density at radius 3 is 2.27 bits per heavy atom. The molecule has 9 nitrogen and oxygen atoms in total. The van der Waals surface area contributed by atoms with E-state index in [1.165, 1.54) is 22.5 Å². The first-order valence-corrected chi connectivity index (χ1v) is 14.9. The second-order valence-corrected chi connectivity index (χ2v) is 12.6. The first kappa shape index (κ1) is 27.3. The Labute approximate surface area is 226 Å². The lowest BCUT2D eigenvalue weighted by Crippen LogP contribution is -2.40. The molecule has 1 aliphatic heterocycles. The Bertz CT molecular complexity index is 1510. The van der Waals surface area contributed by atoms with Crippen LogP contribution >= 0.6 is 23.8 Å². The normalized spacial score (nSPS) is 14.6. The van der Waals surface area contributed by atoms with Gasteiger partial charge >= 0.3 is 0 Å². The van der Waals surface area contributed by atoms with Crippen LogP contribution in [0.15, 0.2) is 76.5 Å². The molecular formula is C24H25ClN4O5S3. The number of aryl methyl sites for hydroxylation is 1. The SMILES string of the molecule is Cc1ccc(NC(=S)Nc2ccc(S(=O)(=O)N3CCOCC3)cc2)c(S(=O)(=O)Nc2ccccc2Cl)c1. The minimum absolute atomic E-state index is 0.0106. The average Bonchev–Trinajstić information content (AvgIpc) is 2.87. The van der Waals surface area contributed by atoms with Gasteiger partial charge in [0.15, 0.2) is 5.11 Å². The predicted octanol–water partition coefficient (Wildman–Crippen LogP) is 4.28. The first-order valence-electron chi connectivity index (χ1n) is 11.2. The number of benzene rings is 3. The van der Waals surface area contributed by atoms with E-state index in [2.05, 4.69) is 15.4 Å². The molecule has 1 aliphatic rings. The fraction of sp³-hybridized carbons (Fsp3) is 0.208. The third-order valence-electron chi connectivity index (χ3n) is 5.51. The van der Waals surface area contributed by atoms with E-state index in [0.29, 0.717) is 32.0 Å². The van der Waals surface area contributed by atoms with Crippen molar-refractivity contribution in [1.29, 1.82) is 0 Å². The molecule has 0 amide bonds. The molecule has 0 aromatic heterocycles. The number of thiocarbonyl (C=S) groups is 1. The van der Waals surface area contributed by atoms with Crippen molar-refractivity contribution in [3.8, 4) is 0 Å². The molecule has 3 aromatic rings. The number of rotatable bonds is 7. The van der Waals surface area contributed by atoms with Gasteiger partial charge in [-0.25, -0.2) is 16.8 Å². The van der Waals surface area contributed by atoms with Gasteiger partial charge in [0.05, 0.1) is 34.5 Å². The second kappa shape index (κ2) is 11.3. The molecule has 13 heteroatoms. The highest BCUT2D eigenvalue weighted by Crippen LogP contribution is 2.28. The number of morpholine rings is 1. The first-order chi connectivity index (χ1) is 17.6. The molecular weight excluding hydrogens is 556 g/mol. The van der Waals surface area contributed by atoms with Crippen LogP contribution in [0.3, 0.4) is 0 Å². The largest absolute Gasteiger partial charge is 0.379 e. The number of hydrogen-bond donors (Lipinski definition) is 3. The summed E-state index contributed by atoms with van der Waals surface area (Å²) in [4.78, 5) is 0.153. The third-order valence-corrected chi connectivity index (χ3v) is 9.37. The summed E-state index contributed by atoms with van der Waals surface area (Å²) in [5.74, 6) is 0. The van der Waals surface area contributed by atoms with E-state index in [1.807, 2.05) is 0 Å². The van der Waals surface area contributed by atoms with Crippen LogP contribution in [0.5, 0.6) is 0 Å². The van der Waals surface area contributed by atoms with Gasteiger partial charge in [-0.3, -0.25) is 4.72 Å². The van der Waals surface area contributed by atoms with E-state index >= 15 is 0 Å². The number of nitrogens with one attached hydrogen (secondary N) is 3. The highest BCUT2D eigenvalue weighted by atomic mass is 35.5. The lowest BCUT2D eigenvalue weighted by Gasteiger charge is -2.26. The molecule has 1 saturated heterocycles. The monoisotopic (exact) mass is 580 g/mol. The molecule has 0 saturated carbocycles. The Kier molecular flexibility index (Phi) is 8.36. The topological polar surface area (TPSA) is 117 Å². The van der Waals surface area contributed by atoms with Gasteiger partial charge in [-0.05, 0) is 73.2 Å². The van der Waals surface area contributed by atoms with Crippen LogP contribution in [0.1, 0.15) is 5.56 Å². The summed E-state index contributed by atoms with van der Waals surface area (Å²) in [5.41, 5.74) is 1.78. The molecule has 0 spiro atoms. The van der Waals surface area contributed by atoms with Crippen LogP contribution in [0.25, 0.3) is 0 Å². The number of para-hydroxylation sites is 1. The molecule has 0 aliphatic carbocycles. The van der Waals surface area contributed by atoms with Crippen molar-refractivity contribution in [2.24, 2.45) is 0 Å². The number of halogens is 1. The van der Waals surface area contributed by atoms with Gasteiger partial charge in [0.25, 0.3) is 10.0 Å². The number of ether oxygens (including phenoxy) is 1. The van der Waals surface area contributed by atoms with Crippen molar-refractivity contribution in [3.63, 3.8) is 0 Å². The van der Waals surface area contributed by atoms with E-state index in [1.54, 1.807) is 55.5 Å². The lowest BCUT2D eigenvalue weighted by molar-refractivity contribution is 0.0730. The van der Waals surface area contributed by atoms with Gasteiger partial charge in [-0.15, -0.1) is 0 Å². The fourth-order valence-electron chi connectivity index (χ4n) is 3.63. The fourth-order valence-corrected chi connectivity index (χ4v) is 6.83. The van der Waals surface area contributed by atoms with Crippen LogP contribution < -0.4 is 15.4 Å². The molecule has 0 unspecified atom stereocenters. The minimum atomic E-state index is -4.00. The van der Waals surface area contributed by atoms with Crippen LogP contribution in [0.2, 0.25) is 5.02 Å². The van der Waals surface area contributed by atoms with Crippen LogP contribution in [-0.2, 0) is 24.8 Å². The summed E-state index contributed by atoms with van der Waals surface area (Å²) < 4.78 is 61.1. The number of nitrogens with zero attached hydrogens (tertiary/aromatic N) is 1. The molecule has 1 heterocycles. The summed E-state index contributed by atoms with van der Waals surface area (Å²) in [6.07, 6.45) is 0. The van der Waals surface area contributed by atoms with Gasteiger partial charge in [0.2, 0.25) is 10.0 Å². The smallest absolute Gasteiger partial charge is 0.264 e. The van der Waals surface area contributed by atoms with Gasteiger partial charge in [-0.2, -0.15) is 4.31 Å². The van der Waals surface area contributed by atoms with Crippen molar-refractivity contribution in [2.75, 3.05) is 41.7 Å². The summed E-state index contributed by atoms with van der Waals surface area (Å²) in [6.45, 7) is 3.13. The Balaban J connectivity index is 1.49. The van der Waals surface area contributed by atoms with Gasteiger partial charge < -0.3 is 15.4 Å². The number of hydrogen-bond acceptors (Lipinski definition) is 6. The number of sulfonamides is 2.